The molecule has 0 saturated carbocycles. The Labute approximate surface area is 61.2 Å². The summed E-state index contributed by atoms with van der Waals surface area (Å²) in [5.74, 6) is 1.30. The van der Waals surface area contributed by atoms with Crippen molar-refractivity contribution in [1.29, 1.82) is 0 Å². The Morgan fingerprint density at radius 1 is 1.56 bits per heavy atom. The third-order valence-electron chi connectivity index (χ3n) is 1.10. The molecule has 1 atom stereocenters. The highest BCUT2D eigenvalue weighted by molar-refractivity contribution is 8.06. The Bertz CT molecular complexity index is 91.6. The van der Waals surface area contributed by atoms with Crippen LogP contribution in [0.4, 0.5) is 0 Å². The van der Waals surface area contributed by atoms with Crippen LogP contribution >= 0.6 is 11.8 Å². The van der Waals surface area contributed by atoms with Gasteiger partial charge in [0.1, 0.15) is 0 Å². The van der Waals surface area contributed by atoms with Crippen LogP contribution in [0.5, 0.6) is 0 Å². The molecule has 1 fully saturated rings. The molecule has 0 aliphatic carbocycles. The number of thioether (sulfide) groups is 1. The zero-order valence-electron chi connectivity index (χ0n) is 6.31. The molecule has 0 bridgehead atoms. The molecule has 1 nitrogen and oxygen atoms in total. The molecule has 2 heteroatoms. The van der Waals surface area contributed by atoms with Crippen LogP contribution in [0.2, 0.25) is 0 Å². The fraction of sp³-hybridized carbons (Fsp3) is 1.00. The van der Waals surface area contributed by atoms with Gasteiger partial charge in [-0.05, 0) is 20.8 Å². The molecule has 0 aromatic heterocycles. The Balaban J connectivity index is 2.03. The van der Waals surface area contributed by atoms with E-state index in [9.17, 15) is 0 Å². The van der Waals surface area contributed by atoms with E-state index >= 15 is 0 Å². The Morgan fingerprint density at radius 2 is 2.11 bits per heavy atom. The van der Waals surface area contributed by atoms with E-state index in [0.29, 0.717) is 0 Å². The summed E-state index contributed by atoms with van der Waals surface area (Å²) in [5, 5.41) is 0.809. The molecule has 0 N–H and O–H groups in total. The first-order valence-corrected chi connectivity index (χ1v) is 4.38. The van der Waals surface area contributed by atoms with Crippen LogP contribution in [0, 0.1) is 0 Å². The van der Waals surface area contributed by atoms with Crippen molar-refractivity contribution in [3.8, 4) is 0 Å². The number of hydrogen-bond donors (Lipinski definition) is 0. The van der Waals surface area contributed by atoms with Gasteiger partial charge in [0, 0.05) is 11.0 Å². The molecule has 1 unspecified atom stereocenters. The van der Waals surface area contributed by atoms with Gasteiger partial charge >= 0.3 is 0 Å². The van der Waals surface area contributed by atoms with Gasteiger partial charge in [-0.15, -0.1) is 0 Å². The van der Waals surface area contributed by atoms with Crippen LogP contribution in [-0.4, -0.2) is 23.2 Å². The quantitative estimate of drug-likeness (QED) is 0.550. The summed E-state index contributed by atoms with van der Waals surface area (Å²) in [6.07, 6.45) is 0. The first-order valence-electron chi connectivity index (χ1n) is 3.33. The maximum absolute atomic E-state index is 5.53. The molecule has 1 rings (SSSR count). The SMILES string of the molecule is CC(C)(C)OCC1CS1. The fourth-order valence-corrected chi connectivity index (χ4v) is 0.904. The molecular weight excluding hydrogens is 132 g/mol. The van der Waals surface area contributed by atoms with E-state index in [1.54, 1.807) is 0 Å². The normalized spacial score (nSPS) is 26.3. The van der Waals surface area contributed by atoms with Crippen LogP contribution in [0.25, 0.3) is 0 Å². The van der Waals surface area contributed by atoms with Crippen molar-refractivity contribution in [2.45, 2.75) is 31.6 Å². The predicted octanol–water partition coefficient (Wildman–Crippen LogP) is 1.92. The van der Waals surface area contributed by atoms with Crippen LogP contribution in [0.3, 0.4) is 0 Å². The van der Waals surface area contributed by atoms with Crippen LogP contribution in [-0.2, 0) is 4.74 Å². The predicted molar refractivity (Wildman–Crippen MR) is 42.0 cm³/mol. The number of ether oxygens (including phenoxy) is 1. The van der Waals surface area contributed by atoms with Gasteiger partial charge in [0.2, 0.25) is 0 Å². The summed E-state index contributed by atoms with van der Waals surface area (Å²) in [4.78, 5) is 0. The average molecular weight is 146 g/mol. The summed E-state index contributed by atoms with van der Waals surface area (Å²) in [7, 11) is 0. The number of hydrogen-bond acceptors (Lipinski definition) is 2. The van der Waals surface area contributed by atoms with E-state index in [-0.39, 0.29) is 5.60 Å². The summed E-state index contributed by atoms with van der Waals surface area (Å²) in [6, 6.07) is 0. The largest absolute Gasteiger partial charge is 0.375 e. The summed E-state index contributed by atoms with van der Waals surface area (Å²) >= 11 is 1.98. The molecule has 0 amide bonds. The van der Waals surface area contributed by atoms with E-state index in [2.05, 4.69) is 20.8 Å². The van der Waals surface area contributed by atoms with Crippen molar-refractivity contribution in [2.24, 2.45) is 0 Å². The summed E-state index contributed by atoms with van der Waals surface area (Å²) < 4.78 is 5.53. The monoisotopic (exact) mass is 146 g/mol. The van der Waals surface area contributed by atoms with Crippen LogP contribution < -0.4 is 0 Å². The van der Waals surface area contributed by atoms with Crippen molar-refractivity contribution in [1.82, 2.24) is 0 Å². The highest BCUT2D eigenvalue weighted by atomic mass is 32.2. The van der Waals surface area contributed by atoms with Gasteiger partial charge in [0.05, 0.1) is 12.2 Å². The Hall–Kier alpha value is 0.310. The topological polar surface area (TPSA) is 9.23 Å². The van der Waals surface area contributed by atoms with Gasteiger partial charge in [0.25, 0.3) is 0 Å². The third-order valence-corrected chi connectivity index (χ3v) is 2.05. The minimum atomic E-state index is 0.0587. The number of rotatable bonds is 2. The Morgan fingerprint density at radius 3 is 2.44 bits per heavy atom. The second kappa shape index (κ2) is 2.51. The second-order valence-electron chi connectivity index (χ2n) is 3.38. The molecule has 0 aromatic rings. The van der Waals surface area contributed by atoms with Gasteiger partial charge in [-0.2, -0.15) is 11.8 Å². The first kappa shape index (κ1) is 7.42. The third kappa shape index (κ3) is 3.82. The van der Waals surface area contributed by atoms with Crippen molar-refractivity contribution in [3.05, 3.63) is 0 Å². The minimum absolute atomic E-state index is 0.0587. The highest BCUT2D eigenvalue weighted by Crippen LogP contribution is 2.30. The molecule has 1 aliphatic rings. The van der Waals surface area contributed by atoms with E-state index in [4.69, 9.17) is 4.74 Å². The highest BCUT2D eigenvalue weighted by Gasteiger charge is 2.24. The lowest BCUT2D eigenvalue weighted by Gasteiger charge is -2.18. The zero-order valence-corrected chi connectivity index (χ0v) is 7.12. The lowest BCUT2D eigenvalue weighted by molar-refractivity contribution is 0.00197. The van der Waals surface area contributed by atoms with E-state index in [1.807, 2.05) is 11.8 Å². The van der Waals surface area contributed by atoms with Crippen molar-refractivity contribution >= 4 is 11.8 Å². The maximum atomic E-state index is 5.53. The minimum Gasteiger partial charge on any atom is -0.375 e. The molecular formula is C7H14OS. The van der Waals surface area contributed by atoms with Gasteiger partial charge in [-0.3, -0.25) is 0 Å². The summed E-state index contributed by atoms with van der Waals surface area (Å²) in [6.45, 7) is 7.23. The molecule has 0 aromatic carbocycles. The molecule has 1 aliphatic heterocycles. The van der Waals surface area contributed by atoms with E-state index in [1.165, 1.54) is 5.75 Å². The first-order chi connectivity index (χ1) is 4.08. The lowest BCUT2D eigenvalue weighted by atomic mass is 10.2. The molecule has 0 spiro atoms. The van der Waals surface area contributed by atoms with E-state index < -0.39 is 0 Å². The molecule has 54 valence electrons. The molecule has 1 heterocycles. The van der Waals surface area contributed by atoms with Crippen LogP contribution in [0.15, 0.2) is 0 Å². The molecule has 1 saturated heterocycles. The standard InChI is InChI=1S/C7H14OS/c1-7(2,3)8-4-6-5-9-6/h6H,4-5H2,1-3H3. The van der Waals surface area contributed by atoms with E-state index in [0.717, 1.165) is 11.9 Å². The molecule has 0 radical (unpaired) electrons. The van der Waals surface area contributed by atoms with Gasteiger partial charge in [-0.25, -0.2) is 0 Å². The lowest BCUT2D eigenvalue weighted by Crippen LogP contribution is -2.21. The van der Waals surface area contributed by atoms with Gasteiger partial charge in [-0.1, -0.05) is 0 Å². The Kier molecular flexibility index (Phi) is 2.07. The summed E-state index contributed by atoms with van der Waals surface area (Å²) in [5.41, 5.74) is 0.0587. The average Bonchev–Trinajstić information content (AvgIpc) is 2.38. The zero-order chi connectivity index (χ0) is 6.91. The fourth-order valence-electron chi connectivity index (χ4n) is 0.507. The van der Waals surface area contributed by atoms with Crippen molar-refractivity contribution in [2.75, 3.05) is 12.4 Å². The van der Waals surface area contributed by atoms with Crippen molar-refractivity contribution < 1.29 is 4.74 Å². The van der Waals surface area contributed by atoms with Crippen LogP contribution in [0.1, 0.15) is 20.8 Å². The smallest absolute Gasteiger partial charge is 0.0600 e. The van der Waals surface area contributed by atoms with Gasteiger partial charge in [0.15, 0.2) is 0 Å². The second-order valence-corrected chi connectivity index (χ2v) is 4.71. The molecule has 9 heavy (non-hydrogen) atoms. The van der Waals surface area contributed by atoms with Crippen molar-refractivity contribution in [3.63, 3.8) is 0 Å². The van der Waals surface area contributed by atoms with Gasteiger partial charge < -0.3 is 4.74 Å². The maximum Gasteiger partial charge on any atom is 0.0600 e.